The normalized spacial score (nSPS) is 10.9. The van der Waals surface area contributed by atoms with Crippen molar-refractivity contribution in [3.05, 3.63) is 64.3 Å². The van der Waals surface area contributed by atoms with Crippen molar-refractivity contribution in [3.8, 4) is 0 Å². The first-order valence-electron chi connectivity index (χ1n) is 6.57. The first-order valence-corrected chi connectivity index (χ1v) is 7.45. The molecule has 0 atom stereocenters. The highest BCUT2D eigenvalue weighted by molar-refractivity contribution is 7.17. The Labute approximate surface area is 122 Å². The van der Waals surface area contributed by atoms with Gasteiger partial charge in [-0.1, -0.05) is 18.2 Å². The predicted molar refractivity (Wildman–Crippen MR) is 83.6 cm³/mol. The van der Waals surface area contributed by atoms with Gasteiger partial charge < -0.3 is 0 Å². The highest BCUT2D eigenvalue weighted by Crippen LogP contribution is 2.26. The number of rotatable bonds is 3. The van der Waals surface area contributed by atoms with Crippen molar-refractivity contribution in [2.24, 2.45) is 0 Å². The summed E-state index contributed by atoms with van der Waals surface area (Å²) in [6, 6.07) is 11.9. The second kappa shape index (κ2) is 5.17. The van der Waals surface area contributed by atoms with Gasteiger partial charge in [0.25, 0.3) is 0 Å². The molecule has 3 aromatic rings. The van der Waals surface area contributed by atoms with E-state index in [-0.39, 0.29) is 5.78 Å². The van der Waals surface area contributed by atoms with Crippen LogP contribution in [0.5, 0.6) is 0 Å². The third kappa shape index (κ3) is 2.49. The molecular weight excluding hydrogens is 266 g/mol. The second-order valence-electron chi connectivity index (χ2n) is 5.00. The summed E-state index contributed by atoms with van der Waals surface area (Å²) in [4.78, 5) is 16.8. The molecule has 20 heavy (non-hydrogen) atoms. The zero-order chi connectivity index (χ0) is 14.1. The Bertz CT molecular complexity index is 768. The van der Waals surface area contributed by atoms with E-state index in [1.54, 1.807) is 11.3 Å². The fraction of sp³-hybridized carbons (Fsp3) is 0.176. The van der Waals surface area contributed by atoms with Crippen LogP contribution in [0.15, 0.2) is 41.8 Å². The molecule has 0 aliphatic carbocycles. The number of fused-ring (bicyclic) bond motifs is 1. The monoisotopic (exact) mass is 281 g/mol. The number of carbonyl (C=O) groups is 1. The molecule has 100 valence electrons. The molecule has 2 heterocycles. The van der Waals surface area contributed by atoms with E-state index in [2.05, 4.69) is 22.5 Å². The van der Waals surface area contributed by atoms with Crippen molar-refractivity contribution in [1.82, 2.24) is 4.98 Å². The SMILES string of the molecule is Cc1cc(C(=O)Cc2csc3ccccc23)cc(C)n1. The predicted octanol–water partition coefficient (Wildman–Crippen LogP) is 4.34. The van der Waals surface area contributed by atoms with Crippen molar-refractivity contribution in [1.29, 1.82) is 0 Å². The van der Waals surface area contributed by atoms with Gasteiger partial charge in [0.05, 0.1) is 0 Å². The molecule has 0 aliphatic rings. The van der Waals surface area contributed by atoms with E-state index in [1.807, 2.05) is 38.1 Å². The Morgan fingerprint density at radius 2 is 1.85 bits per heavy atom. The van der Waals surface area contributed by atoms with E-state index in [1.165, 1.54) is 10.1 Å². The van der Waals surface area contributed by atoms with Crippen LogP contribution in [0, 0.1) is 13.8 Å². The molecule has 1 aromatic carbocycles. The van der Waals surface area contributed by atoms with Crippen LogP contribution >= 0.6 is 11.3 Å². The van der Waals surface area contributed by atoms with Gasteiger partial charge in [0.15, 0.2) is 5.78 Å². The number of hydrogen-bond acceptors (Lipinski definition) is 3. The van der Waals surface area contributed by atoms with Gasteiger partial charge >= 0.3 is 0 Å². The molecule has 0 amide bonds. The molecule has 0 unspecified atom stereocenters. The van der Waals surface area contributed by atoms with Gasteiger partial charge in [0.2, 0.25) is 0 Å². The van der Waals surface area contributed by atoms with Gasteiger partial charge in [0.1, 0.15) is 0 Å². The van der Waals surface area contributed by atoms with E-state index in [9.17, 15) is 4.79 Å². The van der Waals surface area contributed by atoms with Gasteiger partial charge in [-0.05, 0) is 48.4 Å². The summed E-state index contributed by atoms with van der Waals surface area (Å²) in [7, 11) is 0. The quantitative estimate of drug-likeness (QED) is 0.668. The minimum Gasteiger partial charge on any atom is -0.294 e. The van der Waals surface area contributed by atoms with Crippen LogP contribution in [0.3, 0.4) is 0 Å². The molecule has 0 saturated carbocycles. The van der Waals surface area contributed by atoms with Crippen molar-refractivity contribution in [3.63, 3.8) is 0 Å². The summed E-state index contributed by atoms with van der Waals surface area (Å²) in [5, 5.41) is 3.28. The molecule has 0 aliphatic heterocycles. The van der Waals surface area contributed by atoms with E-state index >= 15 is 0 Å². The molecule has 0 spiro atoms. The molecule has 0 bridgehead atoms. The van der Waals surface area contributed by atoms with Crippen LogP contribution in [-0.4, -0.2) is 10.8 Å². The van der Waals surface area contributed by atoms with Gasteiger partial charge in [0, 0.05) is 28.1 Å². The summed E-state index contributed by atoms with van der Waals surface area (Å²) < 4.78 is 1.23. The Hall–Kier alpha value is -2.00. The smallest absolute Gasteiger partial charge is 0.167 e. The fourth-order valence-electron chi connectivity index (χ4n) is 2.44. The van der Waals surface area contributed by atoms with Crippen LogP contribution in [-0.2, 0) is 6.42 Å². The number of ketones is 1. The molecule has 0 fully saturated rings. The highest BCUT2D eigenvalue weighted by atomic mass is 32.1. The number of hydrogen-bond donors (Lipinski definition) is 0. The number of aryl methyl sites for hydroxylation is 2. The number of pyridine rings is 1. The largest absolute Gasteiger partial charge is 0.294 e. The zero-order valence-corrected chi connectivity index (χ0v) is 12.3. The molecule has 0 saturated heterocycles. The lowest BCUT2D eigenvalue weighted by molar-refractivity contribution is 0.0993. The summed E-state index contributed by atoms with van der Waals surface area (Å²) in [6.45, 7) is 3.84. The summed E-state index contributed by atoms with van der Waals surface area (Å²) in [5.74, 6) is 0.155. The standard InChI is InChI=1S/C17H15NOS/c1-11-7-13(8-12(2)18-11)16(19)9-14-10-20-17-6-4-3-5-15(14)17/h3-8,10H,9H2,1-2H3. The van der Waals surface area contributed by atoms with Gasteiger partial charge in [-0.25, -0.2) is 0 Å². The molecule has 0 N–H and O–H groups in total. The lowest BCUT2D eigenvalue weighted by Crippen LogP contribution is -2.05. The van der Waals surface area contributed by atoms with Crippen molar-refractivity contribution < 1.29 is 4.79 Å². The van der Waals surface area contributed by atoms with Crippen LogP contribution in [0.4, 0.5) is 0 Å². The number of aromatic nitrogens is 1. The summed E-state index contributed by atoms with van der Waals surface area (Å²) in [5.41, 5.74) is 3.65. The maximum Gasteiger partial charge on any atom is 0.167 e. The lowest BCUT2D eigenvalue weighted by Gasteiger charge is -2.03. The van der Waals surface area contributed by atoms with Gasteiger partial charge in [-0.15, -0.1) is 11.3 Å². The van der Waals surface area contributed by atoms with E-state index in [0.29, 0.717) is 6.42 Å². The lowest BCUT2D eigenvalue weighted by atomic mass is 10.0. The molecule has 3 heteroatoms. The van der Waals surface area contributed by atoms with Crippen molar-refractivity contribution in [2.75, 3.05) is 0 Å². The van der Waals surface area contributed by atoms with Crippen LogP contribution in [0.2, 0.25) is 0 Å². The van der Waals surface area contributed by atoms with Crippen LogP contribution in [0.25, 0.3) is 10.1 Å². The van der Waals surface area contributed by atoms with Crippen molar-refractivity contribution in [2.45, 2.75) is 20.3 Å². The molecule has 3 rings (SSSR count). The summed E-state index contributed by atoms with van der Waals surface area (Å²) >= 11 is 1.69. The molecule has 0 radical (unpaired) electrons. The Morgan fingerprint density at radius 3 is 2.60 bits per heavy atom. The number of nitrogens with zero attached hydrogens (tertiary/aromatic N) is 1. The third-order valence-corrected chi connectivity index (χ3v) is 4.33. The second-order valence-corrected chi connectivity index (χ2v) is 5.91. The fourth-order valence-corrected chi connectivity index (χ4v) is 3.40. The third-order valence-electron chi connectivity index (χ3n) is 3.32. The minimum absolute atomic E-state index is 0.155. The molecule has 2 nitrogen and oxygen atoms in total. The van der Waals surface area contributed by atoms with E-state index < -0.39 is 0 Å². The Morgan fingerprint density at radius 1 is 1.15 bits per heavy atom. The topological polar surface area (TPSA) is 30.0 Å². The van der Waals surface area contributed by atoms with Crippen molar-refractivity contribution >= 4 is 27.2 Å². The van der Waals surface area contributed by atoms with Gasteiger partial charge in [-0.2, -0.15) is 0 Å². The number of thiophene rings is 1. The number of Topliss-reactive ketones (excluding diaryl/α,β-unsaturated/α-hetero) is 1. The van der Waals surface area contributed by atoms with E-state index in [0.717, 1.165) is 22.5 Å². The Balaban J connectivity index is 1.92. The first kappa shape index (κ1) is 13.0. The maximum atomic E-state index is 12.4. The first-order chi connectivity index (χ1) is 9.63. The highest BCUT2D eigenvalue weighted by Gasteiger charge is 2.12. The summed E-state index contributed by atoms with van der Waals surface area (Å²) in [6.07, 6.45) is 0.451. The number of carbonyl (C=O) groups excluding carboxylic acids is 1. The maximum absolute atomic E-state index is 12.4. The average Bonchev–Trinajstić information content (AvgIpc) is 2.81. The van der Waals surface area contributed by atoms with Crippen LogP contribution < -0.4 is 0 Å². The minimum atomic E-state index is 0.155. The van der Waals surface area contributed by atoms with E-state index in [4.69, 9.17) is 0 Å². The van der Waals surface area contributed by atoms with Crippen LogP contribution in [0.1, 0.15) is 27.3 Å². The average molecular weight is 281 g/mol. The Kier molecular flexibility index (Phi) is 3.36. The number of benzene rings is 1. The zero-order valence-electron chi connectivity index (χ0n) is 11.5. The molecular formula is C17H15NOS. The van der Waals surface area contributed by atoms with Gasteiger partial charge in [-0.3, -0.25) is 9.78 Å². The molecule has 2 aromatic heterocycles.